The molecule has 2 aromatic heterocycles. The number of aromatic nitrogens is 2. The highest BCUT2D eigenvalue weighted by molar-refractivity contribution is 6.14. The Labute approximate surface area is 214 Å². The zero-order valence-corrected chi connectivity index (χ0v) is 21.3. The fourth-order valence-electron chi connectivity index (χ4n) is 5.59. The number of nitrogens with two attached hydrogens (primary N) is 1. The second-order valence-electron chi connectivity index (χ2n) is 10.1. The van der Waals surface area contributed by atoms with Crippen LogP contribution in [0, 0.1) is 12.8 Å². The summed E-state index contributed by atoms with van der Waals surface area (Å²) in [6.07, 6.45) is 2.67. The zero-order valence-electron chi connectivity index (χ0n) is 21.3. The first-order valence-corrected chi connectivity index (χ1v) is 12.8. The predicted octanol–water partition coefficient (Wildman–Crippen LogP) is 4.96. The van der Waals surface area contributed by atoms with E-state index >= 15 is 0 Å². The number of hydrogen-bond acceptors (Lipinski definition) is 7. The third-order valence-corrected chi connectivity index (χ3v) is 7.32. The molecule has 0 amide bonds. The molecule has 0 radical (unpaired) electrons. The van der Waals surface area contributed by atoms with Crippen molar-refractivity contribution >= 4 is 33.6 Å². The van der Waals surface area contributed by atoms with Crippen molar-refractivity contribution in [3.63, 3.8) is 0 Å². The van der Waals surface area contributed by atoms with Crippen molar-refractivity contribution in [3.8, 4) is 0 Å². The molecule has 192 valence electrons. The molecule has 2 aromatic carbocycles. The Bertz CT molecular complexity index is 1540. The van der Waals surface area contributed by atoms with Crippen molar-refractivity contribution in [1.29, 1.82) is 0 Å². The van der Waals surface area contributed by atoms with Crippen LogP contribution in [-0.2, 0) is 4.74 Å². The molecule has 2 heterocycles. The summed E-state index contributed by atoms with van der Waals surface area (Å²) in [6.45, 7) is 5.27. The molecule has 0 spiro atoms. The molecule has 8 nitrogen and oxygen atoms in total. The largest absolute Gasteiger partial charge is 0.459 e. The van der Waals surface area contributed by atoms with Crippen molar-refractivity contribution in [2.45, 2.75) is 64.6 Å². The van der Waals surface area contributed by atoms with Gasteiger partial charge in [0.15, 0.2) is 5.78 Å². The fourth-order valence-corrected chi connectivity index (χ4v) is 5.59. The van der Waals surface area contributed by atoms with E-state index < -0.39 is 12.0 Å². The maximum atomic E-state index is 13.9. The smallest absolute Gasteiger partial charge is 0.339 e. The van der Waals surface area contributed by atoms with Gasteiger partial charge in [-0.05, 0) is 58.1 Å². The van der Waals surface area contributed by atoms with E-state index in [1.165, 1.54) is 0 Å². The van der Waals surface area contributed by atoms with Crippen molar-refractivity contribution in [2.24, 2.45) is 11.7 Å². The molecule has 1 saturated carbocycles. The number of aryl methyl sites for hydroxylation is 1. The highest BCUT2D eigenvalue weighted by Crippen LogP contribution is 2.37. The molecular formula is C29H31N3O5. The normalized spacial score (nSPS) is 18.8. The predicted molar refractivity (Wildman–Crippen MR) is 141 cm³/mol. The molecule has 0 aliphatic heterocycles. The lowest BCUT2D eigenvalue weighted by molar-refractivity contribution is 0.0380. The molecule has 0 saturated heterocycles. The molecular weight excluding hydrogens is 470 g/mol. The quantitative estimate of drug-likeness (QED) is 0.293. The van der Waals surface area contributed by atoms with E-state index in [4.69, 9.17) is 15.0 Å². The molecule has 37 heavy (non-hydrogen) atoms. The van der Waals surface area contributed by atoms with Crippen LogP contribution in [0.3, 0.4) is 0 Å². The van der Waals surface area contributed by atoms with E-state index in [0.717, 1.165) is 19.3 Å². The summed E-state index contributed by atoms with van der Waals surface area (Å²) in [7, 11) is 0. The number of Topliss-reactive ketones (excluding diaryl/α,β-unsaturated/α-hetero) is 1. The number of ether oxygens (including phenoxy) is 1. The van der Waals surface area contributed by atoms with E-state index in [9.17, 15) is 14.4 Å². The highest BCUT2D eigenvalue weighted by Gasteiger charge is 2.34. The van der Waals surface area contributed by atoms with Crippen LogP contribution >= 0.6 is 0 Å². The second-order valence-corrected chi connectivity index (χ2v) is 10.1. The Morgan fingerprint density at radius 1 is 1.08 bits per heavy atom. The molecule has 5 rings (SSSR count). The van der Waals surface area contributed by atoms with Gasteiger partial charge in [-0.15, -0.1) is 0 Å². The molecule has 1 aliphatic rings. The maximum absolute atomic E-state index is 13.9. The summed E-state index contributed by atoms with van der Waals surface area (Å²) >= 11 is 0. The number of esters is 1. The fraction of sp³-hybridized carbons (Fsp3) is 0.379. The lowest BCUT2D eigenvalue weighted by Gasteiger charge is -2.34. The van der Waals surface area contributed by atoms with Crippen LogP contribution in [-0.4, -0.2) is 33.6 Å². The number of rotatable bonds is 6. The van der Waals surface area contributed by atoms with Gasteiger partial charge in [0.1, 0.15) is 16.7 Å². The number of ketones is 1. The van der Waals surface area contributed by atoms with E-state index in [0.29, 0.717) is 45.1 Å². The second kappa shape index (κ2) is 9.94. The van der Waals surface area contributed by atoms with Crippen LogP contribution in [0.4, 0.5) is 0 Å². The van der Waals surface area contributed by atoms with Crippen LogP contribution in [0.15, 0.2) is 57.8 Å². The molecule has 1 fully saturated rings. The Morgan fingerprint density at radius 3 is 2.57 bits per heavy atom. The monoisotopic (exact) mass is 501 g/mol. The summed E-state index contributed by atoms with van der Waals surface area (Å²) in [5.41, 5.74) is 8.16. The third kappa shape index (κ3) is 4.46. The van der Waals surface area contributed by atoms with Gasteiger partial charge in [-0.1, -0.05) is 48.0 Å². The molecule has 0 bridgehead atoms. The summed E-state index contributed by atoms with van der Waals surface area (Å²) in [5.74, 6) is -0.259. The average molecular weight is 502 g/mol. The van der Waals surface area contributed by atoms with Crippen molar-refractivity contribution in [2.75, 3.05) is 0 Å². The van der Waals surface area contributed by atoms with Gasteiger partial charge < -0.3 is 19.6 Å². The molecule has 3 atom stereocenters. The summed E-state index contributed by atoms with van der Waals surface area (Å²) in [5, 5.41) is 5.04. The number of benzene rings is 2. The third-order valence-electron chi connectivity index (χ3n) is 7.32. The first-order valence-electron chi connectivity index (χ1n) is 12.8. The number of nitrogens with zero attached hydrogens (tertiary/aromatic N) is 2. The molecule has 8 heteroatoms. The van der Waals surface area contributed by atoms with Crippen LogP contribution in [0.2, 0.25) is 0 Å². The van der Waals surface area contributed by atoms with E-state index in [1.54, 1.807) is 49.6 Å². The van der Waals surface area contributed by atoms with Gasteiger partial charge in [-0.2, -0.15) is 0 Å². The lowest BCUT2D eigenvalue weighted by atomic mass is 9.79. The molecule has 4 aromatic rings. The molecule has 1 aliphatic carbocycles. The van der Waals surface area contributed by atoms with Crippen LogP contribution in [0.25, 0.3) is 21.8 Å². The van der Waals surface area contributed by atoms with E-state index in [1.807, 2.05) is 24.3 Å². The first-order chi connectivity index (χ1) is 17.8. The Morgan fingerprint density at radius 2 is 1.84 bits per heavy atom. The van der Waals surface area contributed by atoms with Crippen molar-refractivity contribution in [1.82, 2.24) is 9.72 Å². The number of carbonyl (C=O) groups excluding carboxylic acids is 2. The van der Waals surface area contributed by atoms with Crippen LogP contribution in [0.1, 0.15) is 72.0 Å². The van der Waals surface area contributed by atoms with E-state index in [-0.39, 0.29) is 29.4 Å². The lowest BCUT2D eigenvalue weighted by Crippen LogP contribution is -2.41. The number of hydrogen-bond donors (Lipinski definition) is 1. The van der Waals surface area contributed by atoms with Crippen molar-refractivity contribution < 1.29 is 18.8 Å². The van der Waals surface area contributed by atoms with Gasteiger partial charge >= 0.3 is 5.97 Å². The minimum atomic E-state index is -0.662. The Hall–Kier alpha value is -3.78. The topological polar surface area (TPSA) is 117 Å². The van der Waals surface area contributed by atoms with Crippen molar-refractivity contribution in [3.05, 3.63) is 75.8 Å². The Balaban J connectivity index is 1.61. The van der Waals surface area contributed by atoms with E-state index in [2.05, 4.69) is 5.16 Å². The first kappa shape index (κ1) is 24.9. The highest BCUT2D eigenvalue weighted by atomic mass is 16.5. The summed E-state index contributed by atoms with van der Waals surface area (Å²) in [4.78, 5) is 40.0. The molecule has 3 unspecified atom stereocenters. The minimum Gasteiger partial charge on any atom is -0.459 e. The van der Waals surface area contributed by atoms with Crippen LogP contribution in [0.5, 0.6) is 0 Å². The molecule has 2 N–H and O–H groups in total. The summed E-state index contributed by atoms with van der Waals surface area (Å²) in [6, 6.07) is 13.5. The maximum Gasteiger partial charge on any atom is 0.339 e. The standard InChI is InChI=1S/C29H31N3O5/c1-16(2)36-29(35)21-13-8-14-22-24(21)26-23(17(3)37-31-26)28(34)32(22)20-12-7-11-19(15-20)25(30)27(33)18-9-5-4-6-10-18/h4-6,8-10,13-14,16,19-20,25H,7,11-12,15,30H2,1-3H3. The number of carbonyl (C=O) groups is 2. The van der Waals surface area contributed by atoms with Gasteiger partial charge in [0.2, 0.25) is 0 Å². The van der Waals surface area contributed by atoms with Gasteiger partial charge in [0, 0.05) is 17.0 Å². The van der Waals surface area contributed by atoms with Gasteiger partial charge in [0.05, 0.1) is 23.2 Å². The Kier molecular flexibility index (Phi) is 6.69. The van der Waals surface area contributed by atoms with Gasteiger partial charge in [0.25, 0.3) is 5.56 Å². The van der Waals surface area contributed by atoms with Gasteiger partial charge in [-0.25, -0.2) is 4.79 Å². The number of fused-ring (bicyclic) bond motifs is 3. The average Bonchev–Trinajstić information content (AvgIpc) is 3.29. The zero-order chi connectivity index (χ0) is 26.3. The SMILES string of the molecule is Cc1onc2c1c(=O)n(C1CCCC(C(N)C(=O)c3ccccc3)C1)c1cccc(C(=O)OC(C)C)c21. The van der Waals surface area contributed by atoms with Gasteiger partial charge in [-0.3, -0.25) is 9.59 Å². The number of pyridine rings is 1. The van der Waals surface area contributed by atoms with Crippen LogP contribution < -0.4 is 11.3 Å². The summed E-state index contributed by atoms with van der Waals surface area (Å²) < 4.78 is 12.7. The minimum absolute atomic E-state index is 0.0817.